The van der Waals surface area contributed by atoms with E-state index < -0.39 is 30.3 Å². The zero-order valence-electron chi connectivity index (χ0n) is 18.8. The molecule has 2 aromatic rings. The second-order valence-electron chi connectivity index (χ2n) is 8.09. The number of rotatable bonds is 8. The zero-order valence-corrected chi connectivity index (χ0v) is 20.5. The Kier molecular flexibility index (Phi) is 9.30. The van der Waals surface area contributed by atoms with Crippen LogP contribution in [0, 0.1) is 16.0 Å². The average Bonchev–Trinajstić information content (AvgIpc) is 2.85. The van der Waals surface area contributed by atoms with Crippen molar-refractivity contribution in [3.05, 3.63) is 64.7 Å². The molecule has 9 nitrogen and oxygen atoms in total. The first kappa shape index (κ1) is 25.5. The normalized spacial score (nSPS) is 23.0. The molecule has 2 N–H and O–H groups in total. The summed E-state index contributed by atoms with van der Waals surface area (Å²) in [6.45, 7) is 1.76. The van der Waals surface area contributed by atoms with Gasteiger partial charge in [0.2, 0.25) is 0 Å². The molecule has 4 atom stereocenters. The van der Waals surface area contributed by atoms with Gasteiger partial charge in [0.25, 0.3) is 0 Å². The van der Waals surface area contributed by atoms with Crippen LogP contribution in [0.1, 0.15) is 32.6 Å². The molecule has 0 saturated carbocycles. The van der Waals surface area contributed by atoms with E-state index in [-0.39, 0.29) is 31.5 Å². The van der Waals surface area contributed by atoms with Crippen molar-refractivity contribution in [1.29, 1.82) is 0 Å². The van der Waals surface area contributed by atoms with Crippen LogP contribution >= 0.6 is 0 Å². The van der Waals surface area contributed by atoms with Crippen LogP contribution in [0.5, 0.6) is 5.75 Å². The number of carbonyl (C=O) groups is 2. The fourth-order valence-electron chi connectivity index (χ4n) is 4.07. The summed E-state index contributed by atoms with van der Waals surface area (Å²) in [5.41, 5.74) is 0.138. The number of cyclic esters (lactones) is 1. The summed E-state index contributed by atoms with van der Waals surface area (Å²) in [5.74, 6) is 0.0710. The summed E-state index contributed by atoms with van der Waals surface area (Å²) in [4.78, 5) is 34.7. The second kappa shape index (κ2) is 12.4. The number of nitro groups is 1. The van der Waals surface area contributed by atoms with E-state index in [1.54, 1.807) is 19.1 Å². The topological polar surface area (TPSA) is 128 Å². The Morgan fingerprint density at radius 2 is 1.91 bits per heavy atom. The molecule has 1 amide bonds. The molecule has 1 heterocycles. The number of nitro benzene ring substituents is 1. The summed E-state index contributed by atoms with van der Waals surface area (Å²) in [7, 11) is 0. The number of carbonyl (C=O) groups excluding carboxylic acids is 1. The van der Waals surface area contributed by atoms with E-state index in [2.05, 4.69) is 5.32 Å². The molecule has 1 aliphatic rings. The Labute approximate surface area is 204 Å². The standard InChI is InChI=1S/C24H28N2O7Se/c1-16-22(33-18-9-3-2-4-10-18)17(8-7-11-19(23(27)32-16)25-24(28)29)14-15-34-21-13-6-5-12-20(21)26(30)31/h2-6,9-10,12-13,16-17,19,22,25H,7-8,11,14-15H2,1H3,(H,28,29)/t16-,17+,19-,22-/m0/s1. The van der Waals surface area contributed by atoms with E-state index in [1.165, 1.54) is 6.07 Å². The quantitative estimate of drug-likeness (QED) is 0.229. The van der Waals surface area contributed by atoms with Crippen molar-refractivity contribution >= 4 is 37.2 Å². The van der Waals surface area contributed by atoms with E-state index in [4.69, 9.17) is 14.6 Å². The number of hydrogen-bond acceptors (Lipinski definition) is 6. The maximum absolute atomic E-state index is 12.6. The van der Waals surface area contributed by atoms with Crippen molar-refractivity contribution in [3.63, 3.8) is 0 Å². The van der Waals surface area contributed by atoms with Crippen LogP contribution in [0.25, 0.3) is 0 Å². The monoisotopic (exact) mass is 536 g/mol. The SMILES string of the molecule is C[C@@H]1OC(=O)[C@@H](NC(=O)O)CCC[C@H](CC[Se]c2ccccc2[N+](=O)[O-])[C@H]1Oc1ccccc1. The fraction of sp³-hybridized carbons (Fsp3) is 0.417. The van der Waals surface area contributed by atoms with Crippen LogP contribution in [-0.2, 0) is 9.53 Å². The number of hydrogen-bond donors (Lipinski definition) is 2. The van der Waals surface area contributed by atoms with E-state index in [0.29, 0.717) is 25.0 Å². The number of carboxylic acid groups (broad SMARTS) is 1. The predicted molar refractivity (Wildman–Crippen MR) is 127 cm³/mol. The number of nitrogens with one attached hydrogen (secondary N) is 1. The Hall–Kier alpha value is -3.10. The summed E-state index contributed by atoms with van der Waals surface area (Å²) < 4.78 is 12.7. The first-order valence-corrected chi connectivity index (χ1v) is 13.2. The van der Waals surface area contributed by atoms with Crippen molar-refractivity contribution in [2.45, 2.75) is 56.2 Å². The van der Waals surface area contributed by atoms with Gasteiger partial charge in [-0.1, -0.05) is 0 Å². The molecule has 1 fully saturated rings. The van der Waals surface area contributed by atoms with Crippen LogP contribution in [0.4, 0.5) is 10.5 Å². The Morgan fingerprint density at radius 1 is 1.21 bits per heavy atom. The van der Waals surface area contributed by atoms with E-state index in [9.17, 15) is 19.7 Å². The van der Waals surface area contributed by atoms with Crippen molar-refractivity contribution in [1.82, 2.24) is 5.32 Å². The van der Waals surface area contributed by atoms with Gasteiger partial charge in [-0.05, 0) is 0 Å². The molecule has 34 heavy (non-hydrogen) atoms. The fourth-order valence-corrected chi connectivity index (χ4v) is 6.39. The van der Waals surface area contributed by atoms with Crippen molar-refractivity contribution in [3.8, 4) is 5.75 Å². The summed E-state index contributed by atoms with van der Waals surface area (Å²) in [5, 5.41) is 23.4. The number of nitrogens with zero attached hydrogens (tertiary/aromatic N) is 1. The van der Waals surface area contributed by atoms with E-state index >= 15 is 0 Å². The van der Waals surface area contributed by atoms with Gasteiger partial charge in [-0.25, -0.2) is 0 Å². The molecule has 0 radical (unpaired) electrons. The van der Waals surface area contributed by atoms with Gasteiger partial charge in [0.1, 0.15) is 0 Å². The third-order valence-corrected chi connectivity index (χ3v) is 8.00. The molecule has 0 aromatic heterocycles. The van der Waals surface area contributed by atoms with Gasteiger partial charge >= 0.3 is 204 Å². The van der Waals surface area contributed by atoms with E-state index in [0.717, 1.165) is 16.2 Å². The molecule has 0 bridgehead atoms. The van der Waals surface area contributed by atoms with Gasteiger partial charge in [0, 0.05) is 0 Å². The number of esters is 1. The molecular formula is C24H28N2O7Se. The number of para-hydroxylation sites is 2. The molecule has 0 spiro atoms. The Morgan fingerprint density at radius 3 is 2.62 bits per heavy atom. The minimum absolute atomic E-state index is 0.0243. The van der Waals surface area contributed by atoms with E-state index in [1.807, 2.05) is 36.4 Å². The van der Waals surface area contributed by atoms with Crippen LogP contribution in [-0.4, -0.2) is 55.3 Å². The van der Waals surface area contributed by atoms with Gasteiger partial charge in [-0.3, -0.25) is 0 Å². The predicted octanol–water partition coefficient (Wildman–Crippen LogP) is 3.55. The first-order valence-electron chi connectivity index (χ1n) is 11.1. The summed E-state index contributed by atoms with van der Waals surface area (Å²) >= 11 is -0.104. The third kappa shape index (κ3) is 7.20. The Bertz CT molecular complexity index is 988. The average molecular weight is 535 g/mol. The molecule has 0 aliphatic carbocycles. The second-order valence-corrected chi connectivity index (χ2v) is 10.5. The van der Waals surface area contributed by atoms with Crippen LogP contribution in [0.3, 0.4) is 0 Å². The Balaban J connectivity index is 1.77. The molecule has 0 unspecified atom stereocenters. The van der Waals surface area contributed by atoms with Crippen molar-refractivity contribution in [2.75, 3.05) is 0 Å². The molecule has 2 aromatic carbocycles. The molecule has 3 rings (SSSR count). The van der Waals surface area contributed by atoms with Gasteiger partial charge in [-0.2, -0.15) is 0 Å². The maximum atomic E-state index is 12.6. The summed E-state index contributed by atoms with van der Waals surface area (Å²) in [6.07, 6.45) is 0.0939. The van der Waals surface area contributed by atoms with Crippen molar-refractivity contribution in [2.24, 2.45) is 5.92 Å². The molecule has 1 aliphatic heterocycles. The number of amides is 1. The third-order valence-electron chi connectivity index (χ3n) is 5.70. The molecule has 182 valence electrons. The van der Waals surface area contributed by atoms with Crippen LogP contribution < -0.4 is 14.5 Å². The van der Waals surface area contributed by atoms with Gasteiger partial charge < -0.3 is 0 Å². The summed E-state index contributed by atoms with van der Waals surface area (Å²) in [6, 6.07) is 15.2. The number of benzene rings is 2. The first-order chi connectivity index (χ1) is 16.3. The van der Waals surface area contributed by atoms with Crippen molar-refractivity contribution < 1.29 is 29.1 Å². The molecule has 1 saturated heterocycles. The minimum atomic E-state index is -1.27. The molecular weight excluding hydrogens is 507 g/mol. The van der Waals surface area contributed by atoms with Gasteiger partial charge in [0.05, 0.1) is 0 Å². The van der Waals surface area contributed by atoms with Gasteiger partial charge in [0.15, 0.2) is 0 Å². The van der Waals surface area contributed by atoms with Crippen LogP contribution in [0.15, 0.2) is 54.6 Å². The number of ether oxygens (including phenoxy) is 2. The van der Waals surface area contributed by atoms with Gasteiger partial charge in [-0.15, -0.1) is 0 Å². The van der Waals surface area contributed by atoms with Crippen LogP contribution in [0.2, 0.25) is 5.32 Å². The zero-order chi connectivity index (χ0) is 24.5. The molecule has 10 heteroatoms.